The number of rotatable bonds is 9. The number of aromatic nitrogens is 2. The van der Waals surface area contributed by atoms with E-state index in [9.17, 15) is 9.18 Å². The molecule has 0 unspecified atom stereocenters. The molecule has 2 N–H and O–H groups in total. The summed E-state index contributed by atoms with van der Waals surface area (Å²) in [5.41, 5.74) is 3.27. The minimum Gasteiger partial charge on any atom is -0.494 e. The lowest BCUT2D eigenvalue weighted by Gasteiger charge is -2.37. The van der Waals surface area contributed by atoms with Crippen molar-refractivity contribution in [2.24, 2.45) is 0 Å². The number of benzene rings is 2. The molecule has 2 aliphatic rings. The smallest absolute Gasteiger partial charge is 0.247 e. The van der Waals surface area contributed by atoms with E-state index in [0.717, 1.165) is 31.6 Å². The third-order valence-electron chi connectivity index (χ3n) is 7.92. The maximum Gasteiger partial charge on any atom is 0.247 e. The van der Waals surface area contributed by atoms with Crippen LogP contribution in [0, 0.1) is 12.7 Å². The average molecular weight is 576 g/mol. The van der Waals surface area contributed by atoms with E-state index in [1.807, 2.05) is 18.2 Å². The molecule has 3 aromatic rings. The van der Waals surface area contributed by atoms with Gasteiger partial charge in [0.2, 0.25) is 5.91 Å². The standard InChI is InChI=1S/C31H38FN7O3/c1-6-30(40)36-23-16-24(27(41-5)17-26(23)38-13-10-21(11-14-38)37(3)4)35-28-18-29(34-19-33-28)39-25(12-15-42-39)22-9-7-8-20(2)31(22)32/h6-9,16-19,21,25H,1,10-15H2,2-5H3,(H,36,40)(H,33,34,35)/t25-/m1/s1. The van der Waals surface area contributed by atoms with Crippen molar-refractivity contribution in [3.05, 3.63) is 72.3 Å². The third kappa shape index (κ3) is 6.17. The molecular formula is C31H38FN7O3. The number of aryl methyl sites for hydroxylation is 1. The van der Waals surface area contributed by atoms with Crippen molar-refractivity contribution >= 4 is 34.6 Å². The Morgan fingerprint density at radius 2 is 1.95 bits per heavy atom. The third-order valence-corrected chi connectivity index (χ3v) is 7.92. The molecule has 10 nitrogen and oxygen atoms in total. The van der Waals surface area contributed by atoms with E-state index in [4.69, 9.17) is 9.57 Å². The van der Waals surface area contributed by atoms with Crippen LogP contribution in [0.3, 0.4) is 0 Å². The largest absolute Gasteiger partial charge is 0.494 e. The van der Waals surface area contributed by atoms with Crippen molar-refractivity contribution in [3.8, 4) is 5.75 Å². The highest BCUT2D eigenvalue weighted by Crippen LogP contribution is 2.40. The van der Waals surface area contributed by atoms with Crippen LogP contribution in [-0.2, 0) is 9.63 Å². The second kappa shape index (κ2) is 12.7. The van der Waals surface area contributed by atoms with E-state index in [2.05, 4.69) is 51.1 Å². The second-order valence-corrected chi connectivity index (χ2v) is 10.8. The van der Waals surface area contributed by atoms with Crippen LogP contribution >= 0.6 is 0 Å². The van der Waals surface area contributed by atoms with E-state index in [0.29, 0.717) is 59.0 Å². The van der Waals surface area contributed by atoms with Gasteiger partial charge in [-0.3, -0.25) is 9.63 Å². The predicted molar refractivity (Wildman–Crippen MR) is 163 cm³/mol. The lowest BCUT2D eigenvalue weighted by Crippen LogP contribution is -2.42. The van der Waals surface area contributed by atoms with Gasteiger partial charge < -0.3 is 25.2 Å². The summed E-state index contributed by atoms with van der Waals surface area (Å²) in [5.74, 6) is 1.03. The van der Waals surface area contributed by atoms with Gasteiger partial charge in [-0.15, -0.1) is 0 Å². The van der Waals surface area contributed by atoms with Crippen molar-refractivity contribution in [1.29, 1.82) is 0 Å². The number of carbonyl (C=O) groups excluding carboxylic acids is 1. The first-order valence-corrected chi connectivity index (χ1v) is 14.1. The zero-order chi connectivity index (χ0) is 29.8. The quantitative estimate of drug-likeness (QED) is 0.333. The lowest BCUT2D eigenvalue weighted by atomic mass is 10.0. The van der Waals surface area contributed by atoms with Gasteiger partial charge in [-0.1, -0.05) is 24.8 Å². The van der Waals surface area contributed by atoms with Gasteiger partial charge in [0.1, 0.15) is 23.7 Å². The summed E-state index contributed by atoms with van der Waals surface area (Å²) < 4.78 is 20.8. The van der Waals surface area contributed by atoms with Crippen molar-refractivity contribution in [2.75, 3.05) is 61.5 Å². The van der Waals surface area contributed by atoms with Gasteiger partial charge in [-0.05, 0) is 51.6 Å². The molecule has 222 valence electrons. The number of halogens is 1. The van der Waals surface area contributed by atoms with Crippen LogP contribution in [0.2, 0.25) is 0 Å². The van der Waals surface area contributed by atoms with E-state index >= 15 is 0 Å². The molecule has 2 aromatic carbocycles. The number of hydroxylamine groups is 1. The maximum atomic E-state index is 15.0. The molecule has 2 fully saturated rings. The summed E-state index contributed by atoms with van der Waals surface area (Å²) in [5, 5.41) is 7.91. The number of methoxy groups -OCH3 is 1. The SMILES string of the molecule is C=CC(=O)Nc1cc(Nc2cc(N3OCC[C@@H]3c3cccc(C)c3F)ncn2)c(OC)cc1N1CCC(N(C)C)CC1. The van der Waals surface area contributed by atoms with Crippen LogP contribution in [0.5, 0.6) is 5.75 Å². The van der Waals surface area contributed by atoms with E-state index in [-0.39, 0.29) is 17.8 Å². The van der Waals surface area contributed by atoms with Gasteiger partial charge >= 0.3 is 0 Å². The maximum absolute atomic E-state index is 15.0. The van der Waals surface area contributed by atoms with Crippen LogP contribution in [0.1, 0.15) is 36.4 Å². The van der Waals surface area contributed by atoms with E-state index in [1.54, 1.807) is 37.3 Å². The highest BCUT2D eigenvalue weighted by atomic mass is 19.1. The Balaban J connectivity index is 1.43. The number of hydrogen-bond acceptors (Lipinski definition) is 9. The number of ether oxygens (including phenoxy) is 1. The van der Waals surface area contributed by atoms with Crippen LogP contribution in [0.15, 0.2) is 55.4 Å². The fourth-order valence-electron chi connectivity index (χ4n) is 5.58. The molecule has 0 aliphatic carbocycles. The van der Waals surface area contributed by atoms with Crippen molar-refractivity contribution in [1.82, 2.24) is 14.9 Å². The van der Waals surface area contributed by atoms with Crippen LogP contribution in [-0.4, -0.2) is 67.7 Å². The van der Waals surface area contributed by atoms with E-state index < -0.39 is 0 Å². The van der Waals surface area contributed by atoms with Gasteiger partial charge in [0.25, 0.3) is 0 Å². The molecule has 0 spiro atoms. The number of piperidine rings is 1. The highest BCUT2D eigenvalue weighted by molar-refractivity contribution is 6.02. The molecule has 1 amide bonds. The average Bonchev–Trinajstić information content (AvgIpc) is 3.49. The van der Waals surface area contributed by atoms with Crippen LogP contribution in [0.4, 0.5) is 33.1 Å². The normalized spacial score (nSPS) is 17.4. The summed E-state index contributed by atoms with van der Waals surface area (Å²) in [6, 6.07) is 11.1. The topological polar surface area (TPSA) is 95.1 Å². The Labute approximate surface area is 246 Å². The first-order valence-electron chi connectivity index (χ1n) is 14.1. The molecule has 0 radical (unpaired) electrons. The summed E-state index contributed by atoms with van der Waals surface area (Å²) in [7, 11) is 5.82. The fourth-order valence-corrected chi connectivity index (χ4v) is 5.58. The number of anilines is 5. The predicted octanol–water partition coefficient (Wildman–Crippen LogP) is 5.21. The summed E-state index contributed by atoms with van der Waals surface area (Å²) in [6.07, 6.45) is 5.33. The number of carbonyl (C=O) groups is 1. The number of amides is 1. The van der Waals surface area contributed by atoms with E-state index in [1.165, 1.54) is 12.4 Å². The summed E-state index contributed by atoms with van der Waals surface area (Å²) in [6.45, 7) is 7.51. The molecule has 1 atom stereocenters. The zero-order valence-electron chi connectivity index (χ0n) is 24.6. The Kier molecular flexibility index (Phi) is 8.89. The zero-order valence-corrected chi connectivity index (χ0v) is 24.6. The molecule has 1 aromatic heterocycles. The Morgan fingerprint density at radius 3 is 2.67 bits per heavy atom. The molecule has 0 saturated carbocycles. The van der Waals surface area contributed by atoms with Crippen LogP contribution < -0.4 is 25.3 Å². The van der Waals surface area contributed by atoms with Crippen molar-refractivity contribution in [3.63, 3.8) is 0 Å². The van der Waals surface area contributed by atoms with Gasteiger partial charge in [0.15, 0.2) is 5.82 Å². The fraction of sp³-hybridized carbons (Fsp3) is 0.387. The van der Waals surface area contributed by atoms with Crippen LogP contribution in [0.25, 0.3) is 0 Å². The molecule has 3 heterocycles. The van der Waals surface area contributed by atoms with Gasteiger partial charge in [-0.2, -0.15) is 0 Å². The number of nitrogens with one attached hydrogen (secondary N) is 2. The summed E-state index contributed by atoms with van der Waals surface area (Å²) in [4.78, 5) is 31.6. The highest BCUT2D eigenvalue weighted by Gasteiger charge is 2.32. The molecule has 0 bridgehead atoms. The Hall–Kier alpha value is -4.22. The molecule has 2 saturated heterocycles. The first kappa shape index (κ1) is 29.3. The van der Waals surface area contributed by atoms with Crippen molar-refractivity contribution < 1.29 is 18.8 Å². The molecule has 2 aliphatic heterocycles. The minimum absolute atomic E-state index is 0.240. The minimum atomic E-state index is -0.321. The molecule has 42 heavy (non-hydrogen) atoms. The lowest BCUT2D eigenvalue weighted by molar-refractivity contribution is -0.111. The Morgan fingerprint density at radius 1 is 1.17 bits per heavy atom. The second-order valence-electron chi connectivity index (χ2n) is 10.8. The number of hydrogen-bond donors (Lipinski definition) is 2. The molecule has 11 heteroatoms. The summed E-state index contributed by atoms with van der Waals surface area (Å²) >= 11 is 0. The molecular weight excluding hydrogens is 537 g/mol. The van der Waals surface area contributed by atoms with Gasteiger partial charge in [-0.25, -0.2) is 19.4 Å². The molecule has 5 rings (SSSR count). The van der Waals surface area contributed by atoms with Crippen molar-refractivity contribution in [2.45, 2.75) is 38.3 Å². The Bertz CT molecular complexity index is 1440. The van der Waals surface area contributed by atoms with Gasteiger partial charge in [0, 0.05) is 43.2 Å². The first-order chi connectivity index (χ1) is 20.3. The van der Waals surface area contributed by atoms with Gasteiger partial charge in [0.05, 0.1) is 36.8 Å². The number of nitrogens with zero attached hydrogens (tertiary/aromatic N) is 5. The monoisotopic (exact) mass is 575 g/mol.